The number of methoxy groups -OCH3 is 1. The minimum absolute atomic E-state index is 0.0522. The van der Waals surface area contributed by atoms with Gasteiger partial charge in [0.2, 0.25) is 0 Å². The Balaban J connectivity index is 1.67. The van der Waals surface area contributed by atoms with E-state index in [9.17, 15) is 4.79 Å². The number of likely N-dealkylation sites (tertiary alicyclic amines) is 1. The van der Waals surface area contributed by atoms with Crippen LogP contribution in [0.5, 0.6) is 5.75 Å². The third-order valence-corrected chi connectivity index (χ3v) is 3.74. The number of unbranched alkanes of at least 4 members (excludes halogenated alkanes) is 1. The second kappa shape index (κ2) is 7.90. The molecule has 1 aliphatic heterocycles. The molecule has 1 fully saturated rings. The fourth-order valence-electron chi connectivity index (χ4n) is 2.60. The largest absolute Gasteiger partial charge is 0.496 e. The van der Waals surface area contributed by atoms with Crippen LogP contribution in [0.1, 0.15) is 36.0 Å². The third-order valence-electron chi connectivity index (χ3n) is 3.74. The van der Waals surface area contributed by atoms with Crippen molar-refractivity contribution < 1.29 is 9.53 Å². The first-order valence-electron chi connectivity index (χ1n) is 7.45. The number of rotatable bonds is 7. The summed E-state index contributed by atoms with van der Waals surface area (Å²) in [5, 5.41) is 2.96. The van der Waals surface area contributed by atoms with Crippen molar-refractivity contribution in [1.29, 1.82) is 0 Å². The van der Waals surface area contributed by atoms with E-state index in [2.05, 4.69) is 10.2 Å². The molecule has 1 aromatic rings. The van der Waals surface area contributed by atoms with Crippen molar-refractivity contribution in [2.45, 2.75) is 25.7 Å². The summed E-state index contributed by atoms with van der Waals surface area (Å²) < 4.78 is 5.19. The van der Waals surface area contributed by atoms with Gasteiger partial charge in [-0.3, -0.25) is 4.79 Å². The molecule has 1 aromatic carbocycles. The van der Waals surface area contributed by atoms with E-state index < -0.39 is 0 Å². The normalized spacial score (nSPS) is 15.2. The van der Waals surface area contributed by atoms with Gasteiger partial charge in [0.1, 0.15) is 5.75 Å². The fraction of sp³-hybridized carbons (Fsp3) is 0.562. The molecule has 110 valence electrons. The molecule has 0 unspecified atom stereocenters. The van der Waals surface area contributed by atoms with Crippen LogP contribution in [0.4, 0.5) is 0 Å². The number of carbonyl (C=O) groups is 1. The molecule has 2 rings (SSSR count). The summed E-state index contributed by atoms with van der Waals surface area (Å²) >= 11 is 0. The summed E-state index contributed by atoms with van der Waals surface area (Å²) in [4.78, 5) is 14.5. The third kappa shape index (κ3) is 4.23. The first-order valence-corrected chi connectivity index (χ1v) is 7.45. The number of hydrogen-bond acceptors (Lipinski definition) is 3. The van der Waals surface area contributed by atoms with Crippen LogP contribution in [0, 0.1) is 0 Å². The van der Waals surface area contributed by atoms with Gasteiger partial charge < -0.3 is 15.0 Å². The lowest BCUT2D eigenvalue weighted by Gasteiger charge is -2.14. The van der Waals surface area contributed by atoms with Crippen LogP contribution in [0.15, 0.2) is 24.3 Å². The molecule has 1 heterocycles. The average Bonchev–Trinajstić information content (AvgIpc) is 3.00. The van der Waals surface area contributed by atoms with E-state index in [0.29, 0.717) is 11.3 Å². The quantitative estimate of drug-likeness (QED) is 0.777. The smallest absolute Gasteiger partial charge is 0.255 e. The molecule has 1 aliphatic rings. The van der Waals surface area contributed by atoms with Crippen LogP contribution >= 0.6 is 0 Å². The van der Waals surface area contributed by atoms with E-state index in [0.717, 1.165) is 25.9 Å². The molecule has 0 radical (unpaired) electrons. The standard InChI is InChI=1S/C16H24N2O2/c1-20-15-9-3-2-8-14(15)16(19)17-10-4-5-11-18-12-6-7-13-18/h2-3,8-9H,4-7,10-13H2,1H3,(H,17,19). The predicted octanol–water partition coefficient (Wildman–Crippen LogP) is 2.30. The summed E-state index contributed by atoms with van der Waals surface area (Å²) in [6, 6.07) is 7.32. The van der Waals surface area contributed by atoms with Crippen molar-refractivity contribution in [3.63, 3.8) is 0 Å². The van der Waals surface area contributed by atoms with Gasteiger partial charge in [0.25, 0.3) is 5.91 Å². The van der Waals surface area contributed by atoms with Crippen molar-refractivity contribution in [2.75, 3.05) is 33.3 Å². The maximum absolute atomic E-state index is 12.0. The molecular weight excluding hydrogens is 252 g/mol. The maximum atomic E-state index is 12.0. The topological polar surface area (TPSA) is 41.6 Å². The van der Waals surface area contributed by atoms with Gasteiger partial charge in [0.05, 0.1) is 12.7 Å². The minimum Gasteiger partial charge on any atom is -0.496 e. The fourth-order valence-corrected chi connectivity index (χ4v) is 2.60. The number of nitrogens with zero attached hydrogens (tertiary/aromatic N) is 1. The van der Waals surface area contributed by atoms with Crippen molar-refractivity contribution in [2.24, 2.45) is 0 Å². The van der Waals surface area contributed by atoms with Crippen LogP contribution in [0.3, 0.4) is 0 Å². The van der Waals surface area contributed by atoms with E-state index in [4.69, 9.17) is 4.74 Å². The summed E-state index contributed by atoms with van der Waals surface area (Å²) in [6.45, 7) is 4.37. The highest BCUT2D eigenvalue weighted by Gasteiger charge is 2.12. The highest BCUT2D eigenvalue weighted by Crippen LogP contribution is 2.16. The Morgan fingerprint density at radius 3 is 2.75 bits per heavy atom. The lowest BCUT2D eigenvalue weighted by atomic mass is 10.2. The molecule has 1 amide bonds. The Morgan fingerprint density at radius 2 is 2.00 bits per heavy atom. The summed E-state index contributed by atoms with van der Waals surface area (Å²) in [5.41, 5.74) is 0.606. The Kier molecular flexibility index (Phi) is 5.87. The van der Waals surface area contributed by atoms with Gasteiger partial charge in [0.15, 0.2) is 0 Å². The first-order chi connectivity index (χ1) is 9.81. The van der Waals surface area contributed by atoms with Crippen LogP contribution < -0.4 is 10.1 Å². The molecule has 4 nitrogen and oxygen atoms in total. The highest BCUT2D eigenvalue weighted by atomic mass is 16.5. The SMILES string of the molecule is COc1ccccc1C(=O)NCCCCN1CCCC1. The van der Waals surface area contributed by atoms with Crippen LogP contribution in [0.2, 0.25) is 0 Å². The second-order valence-electron chi connectivity index (χ2n) is 5.21. The number of hydrogen-bond donors (Lipinski definition) is 1. The van der Waals surface area contributed by atoms with Gasteiger partial charge in [-0.05, 0) is 57.5 Å². The maximum Gasteiger partial charge on any atom is 0.255 e. The Hall–Kier alpha value is -1.55. The van der Waals surface area contributed by atoms with Crippen LogP contribution in [-0.2, 0) is 0 Å². The molecule has 0 atom stereocenters. The van der Waals surface area contributed by atoms with Crippen molar-refractivity contribution >= 4 is 5.91 Å². The molecule has 0 saturated carbocycles. The highest BCUT2D eigenvalue weighted by molar-refractivity contribution is 5.96. The van der Waals surface area contributed by atoms with E-state index in [1.54, 1.807) is 13.2 Å². The molecule has 0 aromatic heterocycles. The van der Waals surface area contributed by atoms with E-state index in [-0.39, 0.29) is 5.91 Å². The first kappa shape index (κ1) is 14.9. The van der Waals surface area contributed by atoms with Crippen LogP contribution in [0.25, 0.3) is 0 Å². The van der Waals surface area contributed by atoms with Gasteiger partial charge in [-0.2, -0.15) is 0 Å². The monoisotopic (exact) mass is 276 g/mol. The zero-order valence-electron chi connectivity index (χ0n) is 12.2. The molecular formula is C16H24N2O2. The molecule has 20 heavy (non-hydrogen) atoms. The van der Waals surface area contributed by atoms with Crippen LogP contribution in [-0.4, -0.2) is 44.1 Å². The van der Waals surface area contributed by atoms with Gasteiger partial charge in [-0.15, -0.1) is 0 Å². The number of benzene rings is 1. The van der Waals surface area contributed by atoms with Gasteiger partial charge in [-0.25, -0.2) is 0 Å². The summed E-state index contributed by atoms with van der Waals surface area (Å²) in [5.74, 6) is 0.575. The van der Waals surface area contributed by atoms with Crippen molar-refractivity contribution in [3.8, 4) is 5.75 Å². The molecule has 0 bridgehead atoms. The zero-order valence-corrected chi connectivity index (χ0v) is 12.2. The molecule has 1 N–H and O–H groups in total. The number of nitrogens with one attached hydrogen (secondary N) is 1. The van der Waals surface area contributed by atoms with E-state index in [1.165, 1.54) is 25.9 Å². The summed E-state index contributed by atoms with van der Waals surface area (Å²) in [6.07, 6.45) is 4.85. The van der Waals surface area contributed by atoms with Gasteiger partial charge in [0, 0.05) is 6.54 Å². The average molecular weight is 276 g/mol. The number of para-hydroxylation sites is 1. The number of amides is 1. The van der Waals surface area contributed by atoms with Gasteiger partial charge >= 0.3 is 0 Å². The number of ether oxygens (including phenoxy) is 1. The summed E-state index contributed by atoms with van der Waals surface area (Å²) in [7, 11) is 1.59. The number of carbonyl (C=O) groups excluding carboxylic acids is 1. The molecule has 0 spiro atoms. The zero-order chi connectivity index (χ0) is 14.2. The Bertz CT molecular complexity index is 428. The Morgan fingerprint density at radius 1 is 1.25 bits per heavy atom. The molecule has 1 saturated heterocycles. The molecule has 0 aliphatic carbocycles. The van der Waals surface area contributed by atoms with Crippen molar-refractivity contribution in [1.82, 2.24) is 10.2 Å². The Labute approximate surface area is 121 Å². The molecule has 4 heteroatoms. The minimum atomic E-state index is -0.0522. The lowest BCUT2D eigenvalue weighted by molar-refractivity contribution is 0.0949. The predicted molar refractivity (Wildman–Crippen MR) is 80.2 cm³/mol. The van der Waals surface area contributed by atoms with Crippen molar-refractivity contribution in [3.05, 3.63) is 29.8 Å². The van der Waals surface area contributed by atoms with Gasteiger partial charge in [-0.1, -0.05) is 12.1 Å². The van der Waals surface area contributed by atoms with E-state index in [1.807, 2.05) is 18.2 Å². The second-order valence-corrected chi connectivity index (χ2v) is 5.21. The van der Waals surface area contributed by atoms with E-state index >= 15 is 0 Å². The lowest BCUT2D eigenvalue weighted by Crippen LogP contribution is -2.26.